The summed E-state index contributed by atoms with van der Waals surface area (Å²) in [6.45, 7) is 7.78. The smallest absolute Gasteiger partial charge is 0.312 e. The van der Waals surface area contributed by atoms with E-state index in [1.165, 1.54) is 6.07 Å². The zero-order valence-corrected chi connectivity index (χ0v) is 14.5. The maximum absolute atomic E-state index is 11.1. The van der Waals surface area contributed by atoms with Gasteiger partial charge in [-0.05, 0) is 18.4 Å². The molecule has 0 saturated carbocycles. The van der Waals surface area contributed by atoms with Crippen LogP contribution in [0.25, 0.3) is 0 Å². The predicted molar refractivity (Wildman–Crippen MR) is 89.1 cm³/mol. The molecule has 1 aromatic rings. The molecule has 22 heavy (non-hydrogen) atoms. The van der Waals surface area contributed by atoms with Gasteiger partial charge >= 0.3 is 5.69 Å². The Morgan fingerprint density at radius 1 is 1.41 bits per heavy atom. The molecule has 1 heterocycles. The molecule has 0 unspecified atom stereocenters. The first-order valence-corrected chi connectivity index (χ1v) is 8.31. The highest BCUT2D eigenvalue weighted by Gasteiger charge is 2.29. The summed E-state index contributed by atoms with van der Waals surface area (Å²) in [5.74, 6) is 0.217. The second-order valence-electron chi connectivity index (χ2n) is 6.05. The van der Waals surface area contributed by atoms with Crippen LogP contribution in [0.1, 0.15) is 31.9 Å². The van der Waals surface area contributed by atoms with Crippen LogP contribution in [0, 0.1) is 16.0 Å². The van der Waals surface area contributed by atoms with E-state index in [2.05, 4.69) is 40.0 Å². The van der Waals surface area contributed by atoms with Gasteiger partial charge in [0.25, 0.3) is 0 Å². The van der Waals surface area contributed by atoms with Crippen molar-refractivity contribution < 1.29 is 10.0 Å². The van der Waals surface area contributed by atoms with Gasteiger partial charge in [0.1, 0.15) is 0 Å². The number of nitrogens with one attached hydrogen (secondary N) is 1. The molecule has 0 spiro atoms. The molecular formula is C15H22BrN3O3. The lowest BCUT2D eigenvalue weighted by Gasteiger charge is -2.36. The van der Waals surface area contributed by atoms with Crippen LogP contribution in [0.3, 0.4) is 0 Å². The number of rotatable bonds is 5. The van der Waals surface area contributed by atoms with Crippen LogP contribution in [0.2, 0.25) is 0 Å². The van der Waals surface area contributed by atoms with E-state index < -0.39 is 4.92 Å². The first-order valence-electron chi connectivity index (χ1n) is 7.51. The molecule has 1 fully saturated rings. The Morgan fingerprint density at radius 3 is 2.59 bits per heavy atom. The summed E-state index contributed by atoms with van der Waals surface area (Å²) >= 11 is 3.33. The number of hydrogen-bond donors (Lipinski definition) is 2. The Morgan fingerprint density at radius 2 is 2.05 bits per heavy atom. The molecule has 0 amide bonds. The summed E-state index contributed by atoms with van der Waals surface area (Å²) in [6.07, 6.45) is 0.848. The minimum atomic E-state index is -0.534. The van der Waals surface area contributed by atoms with Crippen molar-refractivity contribution in [2.75, 3.05) is 26.2 Å². The Labute approximate surface area is 138 Å². The molecule has 1 atom stereocenters. The number of nitro benzene ring substituents is 1. The zero-order chi connectivity index (χ0) is 16.3. The number of hydrogen-bond acceptors (Lipinski definition) is 5. The largest absolute Gasteiger partial charge is 0.502 e. The van der Waals surface area contributed by atoms with E-state index in [4.69, 9.17) is 0 Å². The molecule has 1 saturated heterocycles. The number of nitrogens with zero attached hydrogens (tertiary/aromatic N) is 2. The third-order valence-electron chi connectivity index (χ3n) is 3.93. The van der Waals surface area contributed by atoms with Crippen molar-refractivity contribution >= 4 is 21.6 Å². The van der Waals surface area contributed by atoms with Crippen LogP contribution in [-0.2, 0) is 0 Å². The highest BCUT2D eigenvalue weighted by molar-refractivity contribution is 9.10. The van der Waals surface area contributed by atoms with Gasteiger partial charge < -0.3 is 10.4 Å². The third kappa shape index (κ3) is 3.97. The normalized spacial score (nSPS) is 17.6. The number of piperazine rings is 1. The highest BCUT2D eigenvalue weighted by Crippen LogP contribution is 2.41. The van der Waals surface area contributed by atoms with Gasteiger partial charge in [-0.3, -0.25) is 15.0 Å². The molecule has 1 aliphatic heterocycles. The van der Waals surface area contributed by atoms with Gasteiger partial charge in [0.15, 0.2) is 5.75 Å². The van der Waals surface area contributed by atoms with Crippen molar-refractivity contribution in [2.45, 2.75) is 26.3 Å². The topological polar surface area (TPSA) is 78.6 Å². The van der Waals surface area contributed by atoms with Crippen molar-refractivity contribution in [2.24, 2.45) is 5.92 Å². The maximum Gasteiger partial charge on any atom is 0.312 e. The number of benzene rings is 1. The fourth-order valence-electron chi connectivity index (χ4n) is 2.91. The molecule has 0 aromatic heterocycles. The Bertz CT molecular complexity index is 545. The molecule has 1 aromatic carbocycles. The summed E-state index contributed by atoms with van der Waals surface area (Å²) in [4.78, 5) is 12.9. The van der Waals surface area contributed by atoms with E-state index in [1.54, 1.807) is 6.07 Å². The average molecular weight is 372 g/mol. The fourth-order valence-corrected chi connectivity index (χ4v) is 3.38. The van der Waals surface area contributed by atoms with Crippen molar-refractivity contribution in [1.82, 2.24) is 10.2 Å². The van der Waals surface area contributed by atoms with Gasteiger partial charge in [0.2, 0.25) is 0 Å². The zero-order valence-electron chi connectivity index (χ0n) is 12.9. The second kappa shape index (κ2) is 7.39. The molecule has 2 rings (SSSR count). The lowest BCUT2D eigenvalue weighted by Crippen LogP contribution is -2.45. The molecule has 1 aliphatic rings. The first kappa shape index (κ1) is 17.2. The Kier molecular flexibility index (Phi) is 5.77. The number of phenolic OH excluding ortho intramolecular Hbond substituents is 1. The molecule has 6 nitrogen and oxygen atoms in total. The standard InChI is InChI=1S/C15H22BrN3O3/c1-10(2)7-13(18-5-3-17-4-6-18)12-8-11(16)9-14(15(12)20)19(21)22/h8-10,13,17,20H,3-7H2,1-2H3/t13-/m1/s1. The summed E-state index contributed by atoms with van der Waals surface area (Å²) < 4.78 is 0.621. The van der Waals surface area contributed by atoms with Crippen molar-refractivity contribution in [1.29, 1.82) is 0 Å². The van der Waals surface area contributed by atoms with Gasteiger partial charge in [-0.25, -0.2) is 0 Å². The van der Waals surface area contributed by atoms with Crippen molar-refractivity contribution in [3.8, 4) is 5.75 Å². The number of phenols is 1. The lowest BCUT2D eigenvalue weighted by molar-refractivity contribution is -0.386. The Balaban J connectivity index is 2.43. The van der Waals surface area contributed by atoms with Gasteiger partial charge in [-0.1, -0.05) is 29.8 Å². The van der Waals surface area contributed by atoms with Crippen molar-refractivity contribution in [3.63, 3.8) is 0 Å². The molecule has 0 aliphatic carbocycles. The van der Waals surface area contributed by atoms with Gasteiger partial charge in [0, 0.05) is 48.3 Å². The summed E-state index contributed by atoms with van der Waals surface area (Å²) in [5.41, 5.74) is 0.393. The van der Waals surface area contributed by atoms with Gasteiger partial charge in [0.05, 0.1) is 4.92 Å². The van der Waals surface area contributed by atoms with Crippen LogP contribution in [0.15, 0.2) is 16.6 Å². The van der Waals surface area contributed by atoms with E-state index in [-0.39, 0.29) is 17.5 Å². The first-order chi connectivity index (χ1) is 10.4. The van der Waals surface area contributed by atoms with Crippen molar-refractivity contribution in [3.05, 3.63) is 32.3 Å². The van der Waals surface area contributed by atoms with Crippen LogP contribution in [-0.4, -0.2) is 41.1 Å². The molecule has 0 bridgehead atoms. The van der Waals surface area contributed by atoms with Gasteiger partial charge in [-0.15, -0.1) is 0 Å². The summed E-state index contributed by atoms with van der Waals surface area (Å²) in [5, 5.41) is 24.8. The molecule has 0 radical (unpaired) electrons. The van der Waals surface area contributed by atoms with Crippen LogP contribution in [0.5, 0.6) is 5.75 Å². The van der Waals surface area contributed by atoms with Gasteiger partial charge in [-0.2, -0.15) is 0 Å². The molecular weight excluding hydrogens is 350 g/mol. The Hall–Kier alpha value is -1.18. The average Bonchev–Trinajstić information content (AvgIpc) is 2.47. The summed E-state index contributed by atoms with van der Waals surface area (Å²) in [7, 11) is 0. The maximum atomic E-state index is 11.1. The monoisotopic (exact) mass is 371 g/mol. The molecule has 2 N–H and O–H groups in total. The lowest BCUT2D eigenvalue weighted by atomic mass is 9.94. The van der Waals surface area contributed by atoms with E-state index in [9.17, 15) is 15.2 Å². The van der Waals surface area contributed by atoms with Crippen LogP contribution >= 0.6 is 15.9 Å². The van der Waals surface area contributed by atoms with Crippen LogP contribution < -0.4 is 5.32 Å². The second-order valence-corrected chi connectivity index (χ2v) is 6.97. The molecule has 122 valence electrons. The number of halogens is 1. The summed E-state index contributed by atoms with van der Waals surface area (Å²) in [6, 6.07) is 3.14. The van der Waals surface area contributed by atoms with E-state index in [0.29, 0.717) is 16.0 Å². The minimum Gasteiger partial charge on any atom is -0.502 e. The number of aromatic hydroxyl groups is 1. The predicted octanol–water partition coefficient (Wildman–Crippen LogP) is 3.06. The third-order valence-corrected chi connectivity index (χ3v) is 4.38. The highest BCUT2D eigenvalue weighted by atomic mass is 79.9. The SMILES string of the molecule is CC(C)C[C@H](c1cc(Br)cc([N+](=O)[O-])c1O)N1CCNCC1. The fraction of sp³-hybridized carbons (Fsp3) is 0.600. The van der Waals surface area contributed by atoms with E-state index >= 15 is 0 Å². The van der Waals surface area contributed by atoms with E-state index in [1.807, 2.05) is 0 Å². The van der Waals surface area contributed by atoms with Crippen LogP contribution in [0.4, 0.5) is 5.69 Å². The van der Waals surface area contributed by atoms with E-state index in [0.717, 1.165) is 32.6 Å². The molecule has 7 heteroatoms. The minimum absolute atomic E-state index is 0.0155. The number of nitro groups is 1. The quantitative estimate of drug-likeness (QED) is 0.614.